The zero-order chi connectivity index (χ0) is 14.0. The second-order valence-corrected chi connectivity index (χ2v) is 5.58. The SMILES string of the molecule is NC(=O)c1cccc(-c2cccc(S(N)(=O)=O)c2)c1. The molecule has 2 aromatic rings. The highest BCUT2D eigenvalue weighted by Gasteiger charge is 2.09. The minimum atomic E-state index is -3.75. The predicted octanol–water partition coefficient (Wildman–Crippen LogP) is 1.10. The fourth-order valence-electron chi connectivity index (χ4n) is 1.70. The summed E-state index contributed by atoms with van der Waals surface area (Å²) in [6.45, 7) is 0. The van der Waals surface area contributed by atoms with Crippen molar-refractivity contribution in [2.75, 3.05) is 0 Å². The number of nitrogens with two attached hydrogens (primary N) is 2. The van der Waals surface area contributed by atoms with Gasteiger partial charge in [-0.05, 0) is 35.4 Å². The fraction of sp³-hybridized carbons (Fsp3) is 0. The summed E-state index contributed by atoms with van der Waals surface area (Å²) in [5.74, 6) is -0.538. The number of carbonyl (C=O) groups excluding carboxylic acids is 1. The van der Waals surface area contributed by atoms with Gasteiger partial charge in [0.05, 0.1) is 4.90 Å². The number of amides is 1. The second kappa shape index (κ2) is 4.83. The number of hydrogen-bond acceptors (Lipinski definition) is 3. The van der Waals surface area contributed by atoms with Gasteiger partial charge in [-0.25, -0.2) is 13.6 Å². The fourth-order valence-corrected chi connectivity index (χ4v) is 2.26. The van der Waals surface area contributed by atoms with Crippen molar-refractivity contribution in [3.63, 3.8) is 0 Å². The third kappa shape index (κ3) is 2.98. The first-order valence-corrected chi connectivity index (χ1v) is 6.96. The smallest absolute Gasteiger partial charge is 0.248 e. The van der Waals surface area contributed by atoms with Gasteiger partial charge in [0.1, 0.15) is 0 Å². The van der Waals surface area contributed by atoms with Crippen molar-refractivity contribution >= 4 is 15.9 Å². The number of sulfonamides is 1. The molecule has 6 heteroatoms. The number of carbonyl (C=O) groups is 1. The Bertz CT molecular complexity index is 739. The molecular weight excluding hydrogens is 264 g/mol. The lowest BCUT2D eigenvalue weighted by Gasteiger charge is -2.05. The second-order valence-electron chi connectivity index (χ2n) is 4.02. The normalized spacial score (nSPS) is 11.2. The van der Waals surface area contributed by atoms with E-state index >= 15 is 0 Å². The van der Waals surface area contributed by atoms with Crippen LogP contribution in [0, 0.1) is 0 Å². The first-order chi connectivity index (χ1) is 8.88. The minimum Gasteiger partial charge on any atom is -0.366 e. The molecule has 19 heavy (non-hydrogen) atoms. The average Bonchev–Trinajstić information content (AvgIpc) is 2.38. The molecule has 0 saturated heterocycles. The predicted molar refractivity (Wildman–Crippen MR) is 71.8 cm³/mol. The topological polar surface area (TPSA) is 103 Å². The highest BCUT2D eigenvalue weighted by atomic mass is 32.2. The van der Waals surface area contributed by atoms with E-state index in [2.05, 4.69) is 0 Å². The molecule has 98 valence electrons. The Morgan fingerprint density at radius 1 is 0.947 bits per heavy atom. The summed E-state index contributed by atoms with van der Waals surface area (Å²) >= 11 is 0. The van der Waals surface area contributed by atoms with Crippen LogP contribution < -0.4 is 10.9 Å². The number of hydrogen-bond donors (Lipinski definition) is 2. The largest absolute Gasteiger partial charge is 0.366 e. The van der Waals surface area contributed by atoms with Crippen LogP contribution in [0.3, 0.4) is 0 Å². The number of primary amides is 1. The van der Waals surface area contributed by atoms with Gasteiger partial charge in [-0.3, -0.25) is 4.79 Å². The van der Waals surface area contributed by atoms with Crippen LogP contribution in [-0.4, -0.2) is 14.3 Å². The Balaban J connectivity index is 2.54. The maximum Gasteiger partial charge on any atom is 0.248 e. The van der Waals surface area contributed by atoms with Gasteiger partial charge >= 0.3 is 0 Å². The van der Waals surface area contributed by atoms with Gasteiger partial charge in [0, 0.05) is 5.56 Å². The Morgan fingerprint density at radius 2 is 1.53 bits per heavy atom. The van der Waals surface area contributed by atoms with Gasteiger partial charge in [0.2, 0.25) is 15.9 Å². The Kier molecular flexibility index (Phi) is 3.37. The van der Waals surface area contributed by atoms with E-state index in [0.717, 1.165) is 0 Å². The first-order valence-electron chi connectivity index (χ1n) is 5.41. The summed E-state index contributed by atoms with van der Waals surface area (Å²) in [6, 6.07) is 12.8. The van der Waals surface area contributed by atoms with Gasteiger partial charge in [0.25, 0.3) is 0 Å². The molecule has 4 N–H and O–H groups in total. The molecule has 0 heterocycles. The van der Waals surface area contributed by atoms with E-state index in [1.165, 1.54) is 12.1 Å². The van der Waals surface area contributed by atoms with Crippen molar-refractivity contribution in [1.29, 1.82) is 0 Å². The molecule has 0 fully saturated rings. The van der Waals surface area contributed by atoms with Crippen LogP contribution >= 0.6 is 0 Å². The summed E-state index contributed by atoms with van der Waals surface area (Å²) in [5, 5.41) is 5.08. The van der Waals surface area contributed by atoms with E-state index < -0.39 is 15.9 Å². The molecule has 0 aliphatic rings. The standard InChI is InChI=1S/C13H12N2O3S/c14-13(16)11-5-1-3-9(7-11)10-4-2-6-12(8-10)19(15,17)18/h1-8H,(H2,14,16)(H2,15,17,18). The molecule has 0 aromatic heterocycles. The molecule has 5 nitrogen and oxygen atoms in total. The van der Waals surface area contributed by atoms with Crippen LogP contribution in [0.4, 0.5) is 0 Å². The van der Waals surface area contributed by atoms with Crippen LogP contribution in [0.1, 0.15) is 10.4 Å². The van der Waals surface area contributed by atoms with E-state index in [4.69, 9.17) is 10.9 Å². The van der Waals surface area contributed by atoms with Gasteiger partial charge in [-0.2, -0.15) is 0 Å². The van der Waals surface area contributed by atoms with Crippen LogP contribution in [0.5, 0.6) is 0 Å². The lowest BCUT2D eigenvalue weighted by molar-refractivity contribution is 0.100. The van der Waals surface area contributed by atoms with Crippen LogP contribution in [-0.2, 0) is 10.0 Å². The third-order valence-corrected chi connectivity index (χ3v) is 3.55. The zero-order valence-electron chi connectivity index (χ0n) is 9.91. The van der Waals surface area contributed by atoms with E-state index in [-0.39, 0.29) is 4.90 Å². The Hall–Kier alpha value is -2.18. The van der Waals surface area contributed by atoms with Crippen molar-refractivity contribution in [2.24, 2.45) is 10.9 Å². The molecule has 0 atom stereocenters. The van der Waals surface area contributed by atoms with Gasteiger partial charge in [0.15, 0.2) is 0 Å². The maximum absolute atomic E-state index is 11.3. The van der Waals surface area contributed by atoms with Crippen molar-refractivity contribution < 1.29 is 13.2 Å². The van der Waals surface area contributed by atoms with Gasteiger partial charge < -0.3 is 5.73 Å². The number of primary sulfonamides is 1. The van der Waals surface area contributed by atoms with E-state index in [9.17, 15) is 13.2 Å². The van der Waals surface area contributed by atoms with Gasteiger partial charge in [-0.1, -0.05) is 24.3 Å². The minimum absolute atomic E-state index is 0.0227. The lowest BCUT2D eigenvalue weighted by atomic mass is 10.0. The molecule has 0 radical (unpaired) electrons. The third-order valence-electron chi connectivity index (χ3n) is 2.64. The molecule has 0 unspecified atom stereocenters. The Labute approximate surface area is 110 Å². The summed E-state index contributed by atoms with van der Waals surface area (Å²) in [6.07, 6.45) is 0. The molecule has 0 bridgehead atoms. The van der Waals surface area contributed by atoms with E-state index in [1.807, 2.05) is 0 Å². The summed E-state index contributed by atoms with van der Waals surface area (Å²) in [5.41, 5.74) is 6.91. The van der Waals surface area contributed by atoms with Crippen LogP contribution in [0.15, 0.2) is 53.4 Å². The molecule has 2 rings (SSSR count). The van der Waals surface area contributed by atoms with Crippen LogP contribution in [0.2, 0.25) is 0 Å². The average molecular weight is 276 g/mol. The van der Waals surface area contributed by atoms with Crippen LogP contribution in [0.25, 0.3) is 11.1 Å². The summed E-state index contributed by atoms with van der Waals surface area (Å²) in [7, 11) is -3.75. The molecule has 0 spiro atoms. The van der Waals surface area contributed by atoms with Crippen molar-refractivity contribution in [2.45, 2.75) is 4.90 Å². The monoisotopic (exact) mass is 276 g/mol. The highest BCUT2D eigenvalue weighted by molar-refractivity contribution is 7.89. The molecule has 0 saturated carbocycles. The summed E-state index contributed by atoms with van der Waals surface area (Å²) < 4.78 is 22.6. The molecular formula is C13H12N2O3S. The van der Waals surface area contributed by atoms with Crippen molar-refractivity contribution in [3.05, 3.63) is 54.1 Å². The van der Waals surface area contributed by atoms with Gasteiger partial charge in [-0.15, -0.1) is 0 Å². The summed E-state index contributed by atoms with van der Waals surface area (Å²) in [4.78, 5) is 11.1. The van der Waals surface area contributed by atoms with Crippen molar-refractivity contribution in [1.82, 2.24) is 0 Å². The highest BCUT2D eigenvalue weighted by Crippen LogP contribution is 2.22. The number of rotatable bonds is 3. The quantitative estimate of drug-likeness (QED) is 0.877. The molecule has 0 aliphatic carbocycles. The van der Waals surface area contributed by atoms with E-state index in [0.29, 0.717) is 16.7 Å². The molecule has 0 aliphatic heterocycles. The zero-order valence-corrected chi connectivity index (χ0v) is 10.7. The molecule has 1 amide bonds. The molecule has 2 aromatic carbocycles. The number of benzene rings is 2. The maximum atomic E-state index is 11.3. The lowest BCUT2D eigenvalue weighted by Crippen LogP contribution is -2.12. The Morgan fingerprint density at radius 3 is 2.11 bits per heavy atom. The first kappa shape index (κ1) is 13.3. The van der Waals surface area contributed by atoms with E-state index in [1.54, 1.807) is 36.4 Å². The van der Waals surface area contributed by atoms with Crippen molar-refractivity contribution in [3.8, 4) is 11.1 Å².